The van der Waals surface area contributed by atoms with E-state index >= 15 is 0 Å². The molecule has 0 bridgehead atoms. The predicted molar refractivity (Wildman–Crippen MR) is 57.7 cm³/mol. The van der Waals surface area contributed by atoms with E-state index in [0.717, 1.165) is 0 Å². The van der Waals surface area contributed by atoms with E-state index in [9.17, 15) is 14.4 Å². The number of carbonyl (C=O) groups excluding carboxylic acids is 3. The maximum Gasteiger partial charge on any atom is 0.305 e. The van der Waals surface area contributed by atoms with Crippen molar-refractivity contribution in [3.8, 4) is 0 Å². The lowest BCUT2D eigenvalue weighted by molar-refractivity contribution is -0.178. The Morgan fingerprint density at radius 2 is 1.41 bits per heavy atom. The van der Waals surface area contributed by atoms with Crippen molar-refractivity contribution in [3.63, 3.8) is 0 Å². The van der Waals surface area contributed by atoms with E-state index in [1.807, 2.05) is 0 Å². The van der Waals surface area contributed by atoms with E-state index in [0.29, 0.717) is 5.57 Å². The summed E-state index contributed by atoms with van der Waals surface area (Å²) in [5.74, 6) is -1.57. The molecule has 0 aromatic carbocycles. The molecule has 17 heavy (non-hydrogen) atoms. The molecule has 96 valence electrons. The van der Waals surface area contributed by atoms with E-state index < -0.39 is 24.2 Å². The molecule has 0 unspecified atom stereocenters. The van der Waals surface area contributed by atoms with Crippen LogP contribution >= 0.6 is 0 Å². The van der Waals surface area contributed by atoms with Crippen molar-refractivity contribution in [2.24, 2.45) is 0 Å². The Morgan fingerprint density at radius 1 is 0.941 bits per heavy atom. The highest BCUT2D eigenvalue weighted by Gasteiger charge is 2.17. The zero-order valence-corrected chi connectivity index (χ0v) is 10.3. The first-order chi connectivity index (χ1) is 7.82. The van der Waals surface area contributed by atoms with Gasteiger partial charge in [0.2, 0.25) is 0 Å². The van der Waals surface area contributed by atoms with Gasteiger partial charge in [-0.05, 0) is 13.0 Å². The second kappa shape index (κ2) is 7.43. The summed E-state index contributed by atoms with van der Waals surface area (Å²) in [6.45, 7) is 5.31. The van der Waals surface area contributed by atoms with Gasteiger partial charge in [0.05, 0.1) is 0 Å². The van der Waals surface area contributed by atoms with E-state index in [1.54, 1.807) is 6.92 Å². The maximum absolute atomic E-state index is 10.8. The lowest BCUT2D eigenvalue weighted by atomic mass is 10.3. The molecule has 0 aliphatic carbocycles. The third-order valence-corrected chi connectivity index (χ3v) is 1.61. The molecule has 0 saturated heterocycles. The van der Waals surface area contributed by atoms with Crippen LogP contribution in [0.1, 0.15) is 27.7 Å². The Bertz CT molecular complexity index is 315. The summed E-state index contributed by atoms with van der Waals surface area (Å²) in [7, 11) is 0. The van der Waals surface area contributed by atoms with Gasteiger partial charge in [0.1, 0.15) is 6.61 Å². The van der Waals surface area contributed by atoms with Gasteiger partial charge in [0.25, 0.3) is 6.29 Å². The number of rotatable bonds is 5. The van der Waals surface area contributed by atoms with Gasteiger partial charge in [0.15, 0.2) is 0 Å². The molecule has 0 N–H and O–H groups in total. The molecule has 0 heterocycles. The van der Waals surface area contributed by atoms with E-state index in [4.69, 9.17) is 9.47 Å². The summed E-state index contributed by atoms with van der Waals surface area (Å²) in [5, 5.41) is 0. The van der Waals surface area contributed by atoms with Crippen LogP contribution in [0.5, 0.6) is 0 Å². The monoisotopic (exact) mass is 244 g/mol. The fourth-order valence-corrected chi connectivity index (χ4v) is 0.898. The number of carbonyl (C=O) groups is 3. The Labute approximate surface area is 99.5 Å². The fraction of sp³-hybridized carbons (Fsp3) is 0.545. The van der Waals surface area contributed by atoms with Gasteiger partial charge >= 0.3 is 17.9 Å². The van der Waals surface area contributed by atoms with Gasteiger partial charge in [-0.25, -0.2) is 0 Å². The minimum absolute atomic E-state index is 0.0280. The summed E-state index contributed by atoms with van der Waals surface area (Å²) >= 11 is 0. The van der Waals surface area contributed by atoms with Crippen molar-refractivity contribution in [2.45, 2.75) is 34.0 Å². The van der Waals surface area contributed by atoms with Gasteiger partial charge in [-0.2, -0.15) is 0 Å². The molecular formula is C11H16O6. The number of ether oxygens (including phenoxy) is 3. The van der Waals surface area contributed by atoms with Crippen LogP contribution in [0.4, 0.5) is 0 Å². The molecule has 0 atom stereocenters. The summed E-state index contributed by atoms with van der Waals surface area (Å²) in [4.78, 5) is 32.1. The Balaban J connectivity index is 4.49. The molecule has 0 saturated carbocycles. The van der Waals surface area contributed by atoms with Gasteiger partial charge in [-0.15, -0.1) is 0 Å². The lowest BCUT2D eigenvalue weighted by Crippen LogP contribution is -2.24. The second-order valence-electron chi connectivity index (χ2n) is 3.30. The second-order valence-corrected chi connectivity index (χ2v) is 3.30. The smallest absolute Gasteiger partial charge is 0.305 e. The fourth-order valence-electron chi connectivity index (χ4n) is 0.898. The minimum Gasteiger partial charge on any atom is -0.462 e. The van der Waals surface area contributed by atoms with Gasteiger partial charge in [0, 0.05) is 26.3 Å². The van der Waals surface area contributed by atoms with Crippen molar-refractivity contribution in [3.05, 3.63) is 11.6 Å². The normalized spacial score (nSPS) is 11.0. The minimum atomic E-state index is -1.08. The quantitative estimate of drug-likeness (QED) is 0.407. The zero-order valence-electron chi connectivity index (χ0n) is 10.3. The molecule has 0 aromatic rings. The number of hydrogen-bond donors (Lipinski definition) is 0. The highest BCUT2D eigenvalue weighted by Crippen LogP contribution is 2.09. The van der Waals surface area contributed by atoms with Crippen LogP contribution in [0.2, 0.25) is 0 Å². The van der Waals surface area contributed by atoms with Crippen molar-refractivity contribution >= 4 is 17.9 Å². The van der Waals surface area contributed by atoms with Crippen molar-refractivity contribution in [2.75, 3.05) is 6.61 Å². The first-order valence-electron chi connectivity index (χ1n) is 4.97. The van der Waals surface area contributed by atoms with Crippen LogP contribution in [0.25, 0.3) is 0 Å². The topological polar surface area (TPSA) is 78.9 Å². The average molecular weight is 244 g/mol. The molecule has 0 spiro atoms. The highest BCUT2D eigenvalue weighted by molar-refractivity contribution is 5.68. The molecule has 0 radical (unpaired) electrons. The van der Waals surface area contributed by atoms with Crippen LogP contribution in [0.15, 0.2) is 11.6 Å². The summed E-state index contributed by atoms with van der Waals surface area (Å²) < 4.78 is 14.3. The average Bonchev–Trinajstić information content (AvgIpc) is 2.14. The van der Waals surface area contributed by atoms with Crippen LogP contribution in [-0.4, -0.2) is 30.8 Å². The Kier molecular flexibility index (Phi) is 6.62. The summed E-state index contributed by atoms with van der Waals surface area (Å²) in [6, 6.07) is 0. The number of hydrogen-bond acceptors (Lipinski definition) is 6. The highest BCUT2D eigenvalue weighted by atomic mass is 16.7. The summed E-state index contributed by atoms with van der Waals surface area (Å²) in [6.07, 6.45) is 0.415. The van der Waals surface area contributed by atoms with Gasteiger partial charge in [-0.1, -0.05) is 0 Å². The molecule has 6 heteroatoms. The molecule has 0 aliphatic rings. The Hall–Kier alpha value is -1.85. The van der Waals surface area contributed by atoms with Crippen molar-refractivity contribution in [1.82, 2.24) is 0 Å². The molecule has 0 fully saturated rings. The molecule has 0 amide bonds. The van der Waals surface area contributed by atoms with Crippen molar-refractivity contribution < 1.29 is 28.6 Å². The Morgan fingerprint density at radius 3 is 1.76 bits per heavy atom. The molecule has 0 aromatic heterocycles. The number of esters is 3. The largest absolute Gasteiger partial charge is 0.462 e. The molecule has 0 aliphatic heterocycles. The lowest BCUT2D eigenvalue weighted by Gasteiger charge is -2.17. The van der Waals surface area contributed by atoms with E-state index in [1.165, 1.54) is 26.8 Å². The van der Waals surface area contributed by atoms with Crippen LogP contribution in [0, 0.1) is 0 Å². The van der Waals surface area contributed by atoms with Crippen LogP contribution in [-0.2, 0) is 28.6 Å². The molecule has 6 nitrogen and oxygen atoms in total. The third-order valence-electron chi connectivity index (χ3n) is 1.61. The summed E-state index contributed by atoms with van der Waals surface area (Å²) in [5.41, 5.74) is 0.469. The van der Waals surface area contributed by atoms with Gasteiger partial charge < -0.3 is 14.2 Å². The zero-order chi connectivity index (χ0) is 13.4. The molecular weight excluding hydrogens is 228 g/mol. The van der Waals surface area contributed by atoms with Gasteiger partial charge in [-0.3, -0.25) is 14.4 Å². The first-order valence-corrected chi connectivity index (χ1v) is 4.97. The SMILES string of the molecule is CC(=O)OCC=C(C)C(OC(C)=O)OC(C)=O. The van der Waals surface area contributed by atoms with Crippen molar-refractivity contribution in [1.29, 1.82) is 0 Å². The van der Waals surface area contributed by atoms with Crippen LogP contribution in [0.3, 0.4) is 0 Å². The molecule has 0 rings (SSSR count). The third kappa shape index (κ3) is 8.01. The van der Waals surface area contributed by atoms with Crippen LogP contribution < -0.4 is 0 Å². The first kappa shape index (κ1) is 15.2. The maximum atomic E-state index is 10.8. The standard InChI is InChI=1S/C11H16O6/c1-7(5-6-15-8(2)12)11(16-9(3)13)17-10(4)14/h5,11H,6H2,1-4H3. The predicted octanol–water partition coefficient (Wildman–Crippen LogP) is 0.948. The van der Waals surface area contributed by atoms with E-state index in [2.05, 4.69) is 4.74 Å². The van der Waals surface area contributed by atoms with E-state index in [-0.39, 0.29) is 6.61 Å².